The fourth-order valence-electron chi connectivity index (χ4n) is 2.76. The van der Waals surface area contributed by atoms with Crippen LogP contribution in [0.25, 0.3) is 0 Å². The molecule has 2 rings (SSSR count). The topological polar surface area (TPSA) is 12.0 Å². The zero-order valence-electron chi connectivity index (χ0n) is 11.8. The molecule has 0 spiro atoms. The lowest BCUT2D eigenvalue weighted by atomic mass is 10.0. The lowest BCUT2D eigenvalue weighted by molar-refractivity contribution is -0.137. The van der Waals surface area contributed by atoms with E-state index in [9.17, 15) is 13.2 Å². The van der Waals surface area contributed by atoms with Gasteiger partial charge in [-0.05, 0) is 42.9 Å². The Labute approximate surface area is 118 Å². The first-order valence-electron chi connectivity index (χ1n) is 7.34. The predicted molar refractivity (Wildman–Crippen MR) is 74.3 cm³/mol. The number of nitrogens with one attached hydrogen (secondary N) is 1. The van der Waals surface area contributed by atoms with E-state index in [0.717, 1.165) is 23.6 Å². The third-order valence-corrected chi connectivity index (χ3v) is 4.13. The quantitative estimate of drug-likeness (QED) is 0.789. The summed E-state index contributed by atoms with van der Waals surface area (Å²) in [5, 5.41) is 3.48. The van der Waals surface area contributed by atoms with Crippen LogP contribution >= 0.6 is 0 Å². The summed E-state index contributed by atoms with van der Waals surface area (Å²) in [6.07, 6.45) is 1.87. The number of hydrogen-bond donors (Lipinski definition) is 1. The van der Waals surface area contributed by atoms with E-state index in [-0.39, 0.29) is 0 Å². The van der Waals surface area contributed by atoms with Gasteiger partial charge >= 0.3 is 6.18 Å². The lowest BCUT2D eigenvalue weighted by Crippen LogP contribution is -2.27. The molecule has 2 atom stereocenters. The molecule has 1 aliphatic carbocycles. The van der Waals surface area contributed by atoms with Crippen LogP contribution in [-0.4, -0.2) is 6.04 Å². The molecule has 0 heterocycles. The van der Waals surface area contributed by atoms with Crippen molar-refractivity contribution in [1.82, 2.24) is 5.32 Å². The molecular formula is C16H22F3N. The maximum atomic E-state index is 12.5. The van der Waals surface area contributed by atoms with Crippen molar-refractivity contribution < 1.29 is 13.2 Å². The van der Waals surface area contributed by atoms with E-state index in [1.54, 1.807) is 12.1 Å². The zero-order chi connectivity index (χ0) is 14.6. The first kappa shape index (κ1) is 15.4. The molecule has 1 aliphatic rings. The lowest BCUT2D eigenvalue weighted by Gasteiger charge is -2.16. The molecule has 1 aromatic rings. The minimum atomic E-state index is -4.25. The summed E-state index contributed by atoms with van der Waals surface area (Å²) >= 11 is 0. The summed E-state index contributed by atoms with van der Waals surface area (Å²) in [7, 11) is 0. The number of halogens is 3. The second kappa shape index (κ2) is 6.61. The molecule has 1 N–H and O–H groups in total. The Morgan fingerprint density at radius 3 is 2.40 bits per heavy atom. The van der Waals surface area contributed by atoms with Crippen LogP contribution < -0.4 is 5.32 Å². The first-order valence-corrected chi connectivity index (χ1v) is 7.34. The van der Waals surface area contributed by atoms with Gasteiger partial charge in [-0.1, -0.05) is 31.9 Å². The molecule has 0 bridgehead atoms. The van der Waals surface area contributed by atoms with Gasteiger partial charge in [-0.15, -0.1) is 0 Å². The van der Waals surface area contributed by atoms with Crippen molar-refractivity contribution in [3.05, 3.63) is 35.4 Å². The summed E-state index contributed by atoms with van der Waals surface area (Å²) in [5.41, 5.74) is 0.333. The summed E-state index contributed by atoms with van der Waals surface area (Å²) in [5.74, 6) is 0.799. The number of hydrogen-bond acceptors (Lipinski definition) is 1. The largest absolute Gasteiger partial charge is 0.416 e. The van der Waals surface area contributed by atoms with Crippen LogP contribution in [0, 0.1) is 5.92 Å². The van der Waals surface area contributed by atoms with Crippen LogP contribution in [-0.2, 0) is 12.7 Å². The van der Waals surface area contributed by atoms with E-state index in [2.05, 4.69) is 12.2 Å². The van der Waals surface area contributed by atoms with Crippen LogP contribution in [0.5, 0.6) is 0 Å². The molecule has 4 heteroatoms. The Balaban J connectivity index is 1.84. The average Bonchev–Trinajstić information content (AvgIpc) is 2.61. The normalized spacial score (nSPS) is 24.4. The Hall–Kier alpha value is -1.03. The van der Waals surface area contributed by atoms with Crippen molar-refractivity contribution in [3.8, 4) is 0 Å². The fraction of sp³-hybridized carbons (Fsp3) is 0.625. The van der Waals surface area contributed by atoms with Gasteiger partial charge in [0.05, 0.1) is 5.56 Å². The van der Waals surface area contributed by atoms with Crippen LogP contribution in [0.2, 0.25) is 0 Å². The predicted octanol–water partition coefficient (Wildman–Crippen LogP) is 4.76. The molecule has 1 fully saturated rings. The van der Waals surface area contributed by atoms with E-state index in [0.29, 0.717) is 12.6 Å². The maximum Gasteiger partial charge on any atom is 0.416 e. The van der Waals surface area contributed by atoms with Crippen LogP contribution in [0.15, 0.2) is 24.3 Å². The van der Waals surface area contributed by atoms with Crippen LogP contribution in [0.3, 0.4) is 0 Å². The highest BCUT2D eigenvalue weighted by Crippen LogP contribution is 2.29. The summed E-state index contributed by atoms with van der Waals surface area (Å²) in [4.78, 5) is 0. The molecule has 0 aromatic heterocycles. The van der Waals surface area contributed by atoms with E-state index in [1.165, 1.54) is 32.1 Å². The monoisotopic (exact) mass is 285 g/mol. The number of benzene rings is 1. The standard InChI is InChI=1S/C16H22F3N/c1-12-3-2-4-15(10-5-12)20-11-13-6-8-14(9-7-13)16(17,18)19/h6-9,12,15,20H,2-5,10-11H2,1H3. The van der Waals surface area contributed by atoms with E-state index >= 15 is 0 Å². The summed E-state index contributed by atoms with van der Waals surface area (Å²) in [6, 6.07) is 5.95. The van der Waals surface area contributed by atoms with Gasteiger partial charge in [0, 0.05) is 12.6 Å². The molecule has 20 heavy (non-hydrogen) atoms. The highest BCUT2D eigenvalue weighted by Gasteiger charge is 2.29. The third kappa shape index (κ3) is 4.51. The van der Waals surface area contributed by atoms with Crippen molar-refractivity contribution in [2.45, 2.75) is 57.8 Å². The average molecular weight is 285 g/mol. The highest BCUT2D eigenvalue weighted by molar-refractivity contribution is 5.24. The molecule has 1 saturated carbocycles. The molecule has 1 aromatic carbocycles. The van der Waals surface area contributed by atoms with E-state index in [1.807, 2.05) is 0 Å². The van der Waals surface area contributed by atoms with Crippen molar-refractivity contribution >= 4 is 0 Å². The minimum Gasteiger partial charge on any atom is -0.310 e. The van der Waals surface area contributed by atoms with E-state index < -0.39 is 11.7 Å². The molecule has 0 saturated heterocycles. The summed E-state index contributed by atoms with van der Waals surface area (Å²) < 4.78 is 37.4. The van der Waals surface area contributed by atoms with Gasteiger partial charge in [0.15, 0.2) is 0 Å². The SMILES string of the molecule is CC1CCCC(NCc2ccc(C(F)(F)F)cc2)CC1. The van der Waals surface area contributed by atoms with E-state index in [4.69, 9.17) is 0 Å². The Morgan fingerprint density at radius 1 is 1.05 bits per heavy atom. The van der Waals surface area contributed by atoms with Gasteiger partial charge in [0.2, 0.25) is 0 Å². The maximum absolute atomic E-state index is 12.5. The van der Waals surface area contributed by atoms with Gasteiger partial charge in [-0.2, -0.15) is 13.2 Å². The smallest absolute Gasteiger partial charge is 0.310 e. The van der Waals surface area contributed by atoms with Crippen LogP contribution in [0.1, 0.15) is 50.2 Å². The van der Waals surface area contributed by atoms with Gasteiger partial charge in [-0.25, -0.2) is 0 Å². The second-order valence-electron chi connectivity index (χ2n) is 5.89. The molecule has 0 amide bonds. The molecule has 0 aliphatic heterocycles. The number of alkyl halides is 3. The van der Waals surface area contributed by atoms with Gasteiger partial charge < -0.3 is 5.32 Å². The molecule has 1 nitrogen and oxygen atoms in total. The second-order valence-corrected chi connectivity index (χ2v) is 5.89. The highest BCUT2D eigenvalue weighted by atomic mass is 19.4. The van der Waals surface area contributed by atoms with Crippen molar-refractivity contribution in [2.24, 2.45) is 5.92 Å². The van der Waals surface area contributed by atoms with Crippen molar-refractivity contribution in [2.75, 3.05) is 0 Å². The van der Waals surface area contributed by atoms with Crippen molar-refractivity contribution in [3.63, 3.8) is 0 Å². The zero-order valence-corrected chi connectivity index (χ0v) is 11.8. The first-order chi connectivity index (χ1) is 9.45. The molecule has 0 radical (unpaired) electrons. The minimum absolute atomic E-state index is 0.502. The van der Waals surface area contributed by atoms with Gasteiger partial charge in [-0.3, -0.25) is 0 Å². The Bertz CT molecular complexity index is 411. The van der Waals surface area contributed by atoms with Crippen molar-refractivity contribution in [1.29, 1.82) is 0 Å². The molecule has 112 valence electrons. The molecule has 2 unspecified atom stereocenters. The van der Waals surface area contributed by atoms with Gasteiger partial charge in [0.1, 0.15) is 0 Å². The van der Waals surface area contributed by atoms with Gasteiger partial charge in [0.25, 0.3) is 0 Å². The third-order valence-electron chi connectivity index (χ3n) is 4.13. The molecular weight excluding hydrogens is 263 g/mol. The number of rotatable bonds is 3. The van der Waals surface area contributed by atoms with Crippen LogP contribution in [0.4, 0.5) is 13.2 Å². The Morgan fingerprint density at radius 2 is 1.75 bits per heavy atom. The Kier molecular flexibility index (Phi) is 5.08. The fourth-order valence-corrected chi connectivity index (χ4v) is 2.76. The summed E-state index contributed by atoms with van der Waals surface area (Å²) in [6.45, 7) is 2.94.